The molecule has 14 heavy (non-hydrogen) atoms. The van der Waals surface area contributed by atoms with E-state index in [4.69, 9.17) is 0 Å². The summed E-state index contributed by atoms with van der Waals surface area (Å²) in [6, 6.07) is 3.28. The van der Waals surface area contributed by atoms with Crippen LogP contribution in [0.25, 0.3) is 6.08 Å². The zero-order valence-corrected chi connectivity index (χ0v) is 8.36. The average molecular weight is 190 g/mol. The SMILES string of the molecule is CC(C)C1C=Cc2cc(O)c(O)cc21. The van der Waals surface area contributed by atoms with E-state index in [2.05, 4.69) is 19.9 Å². The van der Waals surface area contributed by atoms with Gasteiger partial charge < -0.3 is 10.2 Å². The van der Waals surface area contributed by atoms with Gasteiger partial charge in [0.1, 0.15) is 0 Å². The summed E-state index contributed by atoms with van der Waals surface area (Å²) in [5, 5.41) is 18.7. The van der Waals surface area contributed by atoms with E-state index in [1.54, 1.807) is 12.1 Å². The summed E-state index contributed by atoms with van der Waals surface area (Å²) >= 11 is 0. The van der Waals surface area contributed by atoms with Gasteiger partial charge in [-0.05, 0) is 29.2 Å². The third-order valence-corrected chi connectivity index (χ3v) is 2.74. The highest BCUT2D eigenvalue weighted by Gasteiger charge is 2.21. The first-order chi connectivity index (χ1) is 6.59. The van der Waals surface area contributed by atoms with Crippen molar-refractivity contribution in [3.63, 3.8) is 0 Å². The minimum Gasteiger partial charge on any atom is -0.504 e. The summed E-state index contributed by atoms with van der Waals surface area (Å²) in [6.07, 6.45) is 4.12. The van der Waals surface area contributed by atoms with Crippen molar-refractivity contribution in [1.82, 2.24) is 0 Å². The number of allylic oxidation sites excluding steroid dienone is 1. The van der Waals surface area contributed by atoms with Crippen molar-refractivity contribution in [2.75, 3.05) is 0 Å². The van der Waals surface area contributed by atoms with Gasteiger partial charge in [-0.1, -0.05) is 26.0 Å². The molecular formula is C12H14O2. The molecule has 1 atom stereocenters. The molecule has 2 heteroatoms. The van der Waals surface area contributed by atoms with Crippen LogP contribution < -0.4 is 0 Å². The Hall–Kier alpha value is -1.44. The van der Waals surface area contributed by atoms with Crippen LogP contribution in [0.5, 0.6) is 11.5 Å². The average Bonchev–Trinajstić information content (AvgIpc) is 2.48. The van der Waals surface area contributed by atoms with Crippen LogP contribution in [0.4, 0.5) is 0 Å². The molecule has 1 aromatic rings. The number of benzene rings is 1. The first-order valence-corrected chi connectivity index (χ1v) is 4.83. The number of hydrogen-bond acceptors (Lipinski definition) is 2. The molecule has 0 bridgehead atoms. The van der Waals surface area contributed by atoms with E-state index in [-0.39, 0.29) is 11.5 Å². The van der Waals surface area contributed by atoms with Gasteiger partial charge in [0.25, 0.3) is 0 Å². The molecular weight excluding hydrogens is 176 g/mol. The summed E-state index contributed by atoms with van der Waals surface area (Å²) in [5.74, 6) is 0.795. The van der Waals surface area contributed by atoms with Crippen molar-refractivity contribution < 1.29 is 10.2 Å². The lowest BCUT2D eigenvalue weighted by atomic mass is 9.90. The number of phenolic OH excluding ortho intramolecular Hbond substituents is 2. The van der Waals surface area contributed by atoms with E-state index in [1.165, 1.54) is 0 Å². The smallest absolute Gasteiger partial charge is 0.158 e. The molecule has 0 fully saturated rings. The van der Waals surface area contributed by atoms with Gasteiger partial charge in [-0.2, -0.15) is 0 Å². The molecule has 0 radical (unpaired) electrons. The lowest BCUT2D eigenvalue weighted by Gasteiger charge is -2.15. The molecule has 1 aromatic carbocycles. The van der Waals surface area contributed by atoms with Gasteiger partial charge in [-0.3, -0.25) is 0 Å². The van der Waals surface area contributed by atoms with Crippen LogP contribution in [-0.4, -0.2) is 10.2 Å². The Balaban J connectivity index is 2.50. The van der Waals surface area contributed by atoms with Crippen LogP contribution >= 0.6 is 0 Å². The van der Waals surface area contributed by atoms with Crippen LogP contribution in [0.1, 0.15) is 30.9 Å². The molecule has 74 valence electrons. The zero-order valence-electron chi connectivity index (χ0n) is 8.36. The molecule has 0 amide bonds. The first kappa shape index (κ1) is 9.13. The number of rotatable bonds is 1. The van der Waals surface area contributed by atoms with Crippen molar-refractivity contribution in [3.05, 3.63) is 29.3 Å². The molecule has 1 aliphatic carbocycles. The van der Waals surface area contributed by atoms with Gasteiger partial charge in [0, 0.05) is 5.92 Å². The van der Waals surface area contributed by atoms with E-state index < -0.39 is 0 Å². The molecule has 0 saturated heterocycles. The summed E-state index contributed by atoms with van der Waals surface area (Å²) in [5.41, 5.74) is 2.12. The molecule has 0 heterocycles. The second kappa shape index (κ2) is 3.05. The first-order valence-electron chi connectivity index (χ1n) is 4.83. The maximum atomic E-state index is 9.41. The molecule has 0 spiro atoms. The molecule has 0 aliphatic heterocycles. The number of phenols is 2. The lowest BCUT2D eigenvalue weighted by Crippen LogP contribution is -2.01. The molecule has 0 aromatic heterocycles. The van der Waals surface area contributed by atoms with Gasteiger partial charge >= 0.3 is 0 Å². The predicted molar refractivity (Wildman–Crippen MR) is 56.4 cm³/mol. The second-order valence-corrected chi connectivity index (χ2v) is 4.10. The summed E-state index contributed by atoms with van der Waals surface area (Å²) < 4.78 is 0. The predicted octanol–water partition coefficient (Wildman–Crippen LogP) is 2.86. The van der Waals surface area contributed by atoms with E-state index in [0.29, 0.717) is 11.8 Å². The van der Waals surface area contributed by atoms with Crippen LogP contribution in [0, 0.1) is 5.92 Å². The van der Waals surface area contributed by atoms with Gasteiger partial charge in [0.2, 0.25) is 0 Å². The Morgan fingerprint density at radius 1 is 1.14 bits per heavy atom. The van der Waals surface area contributed by atoms with Gasteiger partial charge in [-0.15, -0.1) is 0 Å². The fraction of sp³-hybridized carbons (Fsp3) is 0.333. The van der Waals surface area contributed by atoms with E-state index in [0.717, 1.165) is 11.1 Å². The Labute approximate surface area is 83.5 Å². The fourth-order valence-corrected chi connectivity index (χ4v) is 1.93. The molecule has 2 rings (SSSR count). The molecule has 2 nitrogen and oxygen atoms in total. The summed E-state index contributed by atoms with van der Waals surface area (Å²) in [4.78, 5) is 0. The van der Waals surface area contributed by atoms with Crippen molar-refractivity contribution in [1.29, 1.82) is 0 Å². The standard InChI is InChI=1S/C12H14O2/c1-7(2)9-4-3-8-5-11(13)12(14)6-10(8)9/h3-7,9,13-14H,1-2H3. The van der Waals surface area contributed by atoms with Crippen LogP contribution in [0.2, 0.25) is 0 Å². The number of aromatic hydroxyl groups is 2. The minimum absolute atomic E-state index is 0.0295. The highest BCUT2D eigenvalue weighted by molar-refractivity contribution is 5.66. The zero-order chi connectivity index (χ0) is 10.3. The minimum atomic E-state index is -0.0437. The second-order valence-electron chi connectivity index (χ2n) is 4.10. The Bertz CT molecular complexity index is 392. The van der Waals surface area contributed by atoms with Gasteiger partial charge in [-0.25, -0.2) is 0 Å². The van der Waals surface area contributed by atoms with Crippen molar-refractivity contribution in [3.8, 4) is 11.5 Å². The largest absolute Gasteiger partial charge is 0.504 e. The van der Waals surface area contributed by atoms with Crippen LogP contribution in [0.15, 0.2) is 18.2 Å². The monoisotopic (exact) mass is 190 g/mol. The van der Waals surface area contributed by atoms with Gasteiger partial charge in [0.05, 0.1) is 0 Å². The molecule has 1 aliphatic rings. The highest BCUT2D eigenvalue weighted by Crippen LogP contribution is 2.40. The van der Waals surface area contributed by atoms with Gasteiger partial charge in [0.15, 0.2) is 11.5 Å². The normalized spacial score (nSPS) is 18.9. The van der Waals surface area contributed by atoms with Crippen molar-refractivity contribution in [2.45, 2.75) is 19.8 Å². The van der Waals surface area contributed by atoms with Crippen LogP contribution in [-0.2, 0) is 0 Å². The highest BCUT2D eigenvalue weighted by atomic mass is 16.3. The maximum absolute atomic E-state index is 9.41. The third kappa shape index (κ3) is 1.27. The Kier molecular flexibility index (Phi) is 1.99. The van der Waals surface area contributed by atoms with E-state index >= 15 is 0 Å². The summed E-state index contributed by atoms with van der Waals surface area (Å²) in [7, 11) is 0. The van der Waals surface area contributed by atoms with Crippen molar-refractivity contribution >= 4 is 6.08 Å². The third-order valence-electron chi connectivity index (χ3n) is 2.74. The van der Waals surface area contributed by atoms with E-state index in [9.17, 15) is 10.2 Å². The quantitative estimate of drug-likeness (QED) is 0.668. The molecule has 1 unspecified atom stereocenters. The molecule has 0 saturated carbocycles. The Morgan fingerprint density at radius 2 is 1.79 bits per heavy atom. The van der Waals surface area contributed by atoms with Crippen molar-refractivity contribution in [2.24, 2.45) is 5.92 Å². The fourth-order valence-electron chi connectivity index (χ4n) is 1.93. The summed E-state index contributed by atoms with van der Waals surface area (Å²) in [6.45, 7) is 4.29. The maximum Gasteiger partial charge on any atom is 0.158 e. The number of hydrogen-bond donors (Lipinski definition) is 2. The topological polar surface area (TPSA) is 40.5 Å². The van der Waals surface area contributed by atoms with Crippen LogP contribution in [0.3, 0.4) is 0 Å². The van der Waals surface area contributed by atoms with E-state index in [1.807, 2.05) is 6.08 Å². The molecule has 2 N–H and O–H groups in total. The lowest BCUT2D eigenvalue weighted by molar-refractivity contribution is 0.402. The Morgan fingerprint density at radius 3 is 2.43 bits per heavy atom. The number of fused-ring (bicyclic) bond motifs is 1.